The Morgan fingerprint density at radius 3 is 2.52 bits per heavy atom. The molecule has 0 aliphatic rings. The molecule has 1 amide bonds. The first-order valence-electron chi connectivity index (χ1n) is 7.80. The molecule has 0 fully saturated rings. The highest BCUT2D eigenvalue weighted by molar-refractivity contribution is 9.10. The van der Waals surface area contributed by atoms with Crippen molar-refractivity contribution in [2.75, 3.05) is 0 Å². The highest BCUT2D eigenvalue weighted by atomic mass is 79.9. The minimum atomic E-state index is -0.779. The van der Waals surface area contributed by atoms with Crippen LogP contribution in [0.15, 0.2) is 65.3 Å². The molecule has 25 heavy (non-hydrogen) atoms. The first-order chi connectivity index (χ1) is 12.0. The Bertz CT molecular complexity index is 849. The van der Waals surface area contributed by atoms with Gasteiger partial charge in [-0.25, -0.2) is 4.98 Å². The van der Waals surface area contributed by atoms with Gasteiger partial charge in [-0.2, -0.15) is 0 Å². The van der Waals surface area contributed by atoms with Crippen LogP contribution in [-0.4, -0.2) is 22.0 Å². The second kappa shape index (κ2) is 7.91. The molecule has 0 saturated heterocycles. The Morgan fingerprint density at radius 1 is 1.16 bits per heavy atom. The number of amides is 1. The molecule has 3 rings (SSSR count). The molecule has 0 unspecified atom stereocenters. The number of aromatic nitrogens is 1. The van der Waals surface area contributed by atoms with E-state index < -0.39 is 12.1 Å². The van der Waals surface area contributed by atoms with Crippen LogP contribution in [0.3, 0.4) is 0 Å². The van der Waals surface area contributed by atoms with Crippen LogP contribution in [0.25, 0.3) is 10.6 Å². The van der Waals surface area contributed by atoms with Gasteiger partial charge in [0, 0.05) is 10.0 Å². The summed E-state index contributed by atoms with van der Waals surface area (Å²) in [6.07, 6.45) is 0.791. The van der Waals surface area contributed by atoms with Gasteiger partial charge in [-0.1, -0.05) is 58.4 Å². The lowest BCUT2D eigenvalue weighted by Gasteiger charge is -2.20. The highest BCUT2D eigenvalue weighted by Gasteiger charge is 2.20. The van der Waals surface area contributed by atoms with Gasteiger partial charge >= 0.3 is 0 Å². The second-order valence-electron chi connectivity index (χ2n) is 5.65. The van der Waals surface area contributed by atoms with Gasteiger partial charge in [-0.15, -0.1) is 11.3 Å². The van der Waals surface area contributed by atoms with Gasteiger partial charge in [0.15, 0.2) is 0 Å². The third kappa shape index (κ3) is 4.34. The second-order valence-corrected chi connectivity index (χ2v) is 7.60. The lowest BCUT2D eigenvalue weighted by Crippen LogP contribution is -2.36. The van der Waals surface area contributed by atoms with Crippen LogP contribution in [-0.2, 0) is 0 Å². The summed E-state index contributed by atoms with van der Waals surface area (Å²) in [7, 11) is 0. The molecule has 0 spiro atoms. The van der Waals surface area contributed by atoms with Crippen LogP contribution in [0, 0.1) is 0 Å². The van der Waals surface area contributed by atoms with Gasteiger partial charge in [0.25, 0.3) is 5.91 Å². The molecule has 1 aromatic heterocycles. The van der Waals surface area contributed by atoms with Crippen molar-refractivity contribution >= 4 is 33.2 Å². The third-order valence-electron chi connectivity index (χ3n) is 3.79. The molecular weight excluding hydrogens is 400 g/mol. The summed E-state index contributed by atoms with van der Waals surface area (Å²) >= 11 is 4.70. The van der Waals surface area contributed by atoms with Crippen molar-refractivity contribution in [3.8, 4) is 10.6 Å². The average Bonchev–Trinajstić information content (AvgIpc) is 3.13. The van der Waals surface area contributed by atoms with Gasteiger partial charge in [0.2, 0.25) is 0 Å². The normalized spacial score (nSPS) is 13.2. The summed E-state index contributed by atoms with van der Waals surface area (Å²) < 4.78 is 0.943. The van der Waals surface area contributed by atoms with E-state index in [0.717, 1.165) is 20.6 Å². The Balaban J connectivity index is 1.67. The molecule has 2 aromatic carbocycles. The number of carbonyl (C=O) groups excluding carboxylic acids is 1. The lowest BCUT2D eigenvalue weighted by atomic mass is 10.0. The smallest absolute Gasteiger partial charge is 0.263 e. The number of rotatable bonds is 5. The molecule has 1 heterocycles. The lowest BCUT2D eigenvalue weighted by molar-refractivity contribution is 0.0855. The Labute approximate surface area is 158 Å². The zero-order valence-corrected chi connectivity index (χ0v) is 15.9. The van der Waals surface area contributed by atoms with E-state index in [1.54, 1.807) is 13.1 Å². The van der Waals surface area contributed by atoms with Crippen LogP contribution in [0.5, 0.6) is 0 Å². The third-order valence-corrected chi connectivity index (χ3v) is 5.37. The Hall–Kier alpha value is -2.02. The molecule has 128 valence electrons. The van der Waals surface area contributed by atoms with Gasteiger partial charge in [-0.05, 0) is 24.6 Å². The fraction of sp³-hybridized carbons (Fsp3) is 0.158. The van der Waals surface area contributed by atoms with E-state index in [0.29, 0.717) is 4.88 Å². The van der Waals surface area contributed by atoms with E-state index in [9.17, 15) is 9.90 Å². The van der Waals surface area contributed by atoms with Gasteiger partial charge in [0.05, 0.1) is 18.3 Å². The van der Waals surface area contributed by atoms with Crippen LogP contribution < -0.4 is 5.32 Å². The number of halogens is 1. The topological polar surface area (TPSA) is 62.2 Å². The standard InChI is InChI=1S/C19H17BrN2O2S/c1-12(17(23)13-7-9-15(20)10-8-13)22-18(24)16-11-21-19(25-16)14-5-3-2-4-6-14/h2-12,17,23H,1H3,(H,22,24)/t12-,17-/m1/s1. The SMILES string of the molecule is C[C@@H](NC(=O)c1cnc(-c2ccccc2)s1)[C@@H](O)c1ccc(Br)cc1. The zero-order valence-electron chi connectivity index (χ0n) is 13.5. The molecule has 0 saturated carbocycles. The van der Waals surface area contributed by atoms with Crippen molar-refractivity contribution in [2.45, 2.75) is 19.1 Å². The predicted molar refractivity (Wildman–Crippen MR) is 104 cm³/mol. The maximum absolute atomic E-state index is 12.4. The van der Waals surface area contributed by atoms with E-state index in [1.807, 2.05) is 54.6 Å². The van der Waals surface area contributed by atoms with E-state index in [1.165, 1.54) is 11.3 Å². The number of aliphatic hydroxyl groups excluding tert-OH is 1. The number of hydrogen-bond acceptors (Lipinski definition) is 4. The number of thiazole rings is 1. The first kappa shape index (κ1) is 17.8. The minimum Gasteiger partial charge on any atom is -0.386 e. The summed E-state index contributed by atoms with van der Waals surface area (Å²) in [5.74, 6) is -0.233. The van der Waals surface area contributed by atoms with Crippen LogP contribution in [0.1, 0.15) is 28.3 Å². The molecule has 2 atom stereocenters. The van der Waals surface area contributed by atoms with Crippen LogP contribution >= 0.6 is 27.3 Å². The fourth-order valence-electron chi connectivity index (χ4n) is 2.40. The predicted octanol–water partition coefficient (Wildman–Crippen LogP) is 4.42. The van der Waals surface area contributed by atoms with E-state index in [2.05, 4.69) is 26.2 Å². The van der Waals surface area contributed by atoms with Gasteiger partial charge in [0.1, 0.15) is 9.88 Å². The number of hydrogen-bond donors (Lipinski definition) is 2. The van der Waals surface area contributed by atoms with Crippen molar-refractivity contribution in [3.05, 3.63) is 75.7 Å². The summed E-state index contributed by atoms with van der Waals surface area (Å²) in [6.45, 7) is 1.78. The van der Waals surface area contributed by atoms with E-state index in [4.69, 9.17) is 0 Å². The monoisotopic (exact) mass is 416 g/mol. The molecule has 3 aromatic rings. The largest absolute Gasteiger partial charge is 0.386 e. The fourth-order valence-corrected chi connectivity index (χ4v) is 3.49. The highest BCUT2D eigenvalue weighted by Crippen LogP contribution is 2.25. The van der Waals surface area contributed by atoms with Crippen LogP contribution in [0.4, 0.5) is 0 Å². The summed E-state index contributed by atoms with van der Waals surface area (Å²) in [5, 5.41) is 14.1. The summed E-state index contributed by atoms with van der Waals surface area (Å²) in [5.41, 5.74) is 1.74. The number of carbonyl (C=O) groups is 1. The van der Waals surface area contributed by atoms with Crippen molar-refractivity contribution in [1.29, 1.82) is 0 Å². The first-order valence-corrected chi connectivity index (χ1v) is 9.41. The van der Waals surface area contributed by atoms with Crippen molar-refractivity contribution in [2.24, 2.45) is 0 Å². The van der Waals surface area contributed by atoms with Crippen molar-refractivity contribution in [3.63, 3.8) is 0 Å². The van der Waals surface area contributed by atoms with Gasteiger partial charge in [-0.3, -0.25) is 4.79 Å². The summed E-state index contributed by atoms with van der Waals surface area (Å²) in [4.78, 5) is 17.3. The Morgan fingerprint density at radius 2 is 1.84 bits per heavy atom. The quantitative estimate of drug-likeness (QED) is 0.646. The molecule has 0 radical (unpaired) electrons. The molecule has 0 aliphatic carbocycles. The number of nitrogens with zero attached hydrogens (tertiary/aromatic N) is 1. The van der Waals surface area contributed by atoms with Crippen molar-refractivity contribution < 1.29 is 9.90 Å². The molecule has 0 bridgehead atoms. The minimum absolute atomic E-state index is 0.233. The summed E-state index contributed by atoms with van der Waals surface area (Å²) in [6, 6.07) is 16.7. The molecular formula is C19H17BrN2O2S. The zero-order chi connectivity index (χ0) is 17.8. The van der Waals surface area contributed by atoms with E-state index >= 15 is 0 Å². The number of benzene rings is 2. The molecule has 2 N–H and O–H groups in total. The molecule has 4 nitrogen and oxygen atoms in total. The average molecular weight is 417 g/mol. The maximum atomic E-state index is 12.4. The van der Waals surface area contributed by atoms with Crippen LogP contribution in [0.2, 0.25) is 0 Å². The number of aliphatic hydroxyl groups is 1. The number of nitrogens with one attached hydrogen (secondary N) is 1. The van der Waals surface area contributed by atoms with Gasteiger partial charge < -0.3 is 10.4 Å². The molecule has 0 aliphatic heterocycles. The van der Waals surface area contributed by atoms with Crippen molar-refractivity contribution in [1.82, 2.24) is 10.3 Å². The molecule has 6 heteroatoms. The van der Waals surface area contributed by atoms with E-state index in [-0.39, 0.29) is 5.91 Å². The maximum Gasteiger partial charge on any atom is 0.263 e. The Kier molecular flexibility index (Phi) is 5.63.